The predicted octanol–water partition coefficient (Wildman–Crippen LogP) is 2.95. The summed E-state index contributed by atoms with van der Waals surface area (Å²) >= 11 is 0. The molecule has 0 amide bonds. The van der Waals surface area contributed by atoms with Gasteiger partial charge in [-0.3, -0.25) is 10.1 Å². The van der Waals surface area contributed by atoms with Crippen LogP contribution in [0.3, 0.4) is 0 Å². The Bertz CT molecular complexity index is 690. The van der Waals surface area contributed by atoms with Crippen LogP contribution in [0, 0.1) is 10.1 Å². The Kier molecular flexibility index (Phi) is 4.92. The van der Waals surface area contributed by atoms with Crippen molar-refractivity contribution in [3.8, 4) is 5.75 Å². The SMILES string of the molecule is COc1ccc([N+](=O)[O-])cc1COC(=O)/C=C\c1ccco1. The van der Waals surface area contributed by atoms with Crippen molar-refractivity contribution in [1.29, 1.82) is 0 Å². The number of methoxy groups -OCH3 is 1. The quantitative estimate of drug-likeness (QED) is 0.352. The second-order valence-corrected chi connectivity index (χ2v) is 4.21. The summed E-state index contributed by atoms with van der Waals surface area (Å²) in [6.07, 6.45) is 4.16. The zero-order valence-electron chi connectivity index (χ0n) is 11.7. The first-order valence-corrected chi connectivity index (χ1v) is 6.30. The Labute approximate surface area is 125 Å². The minimum absolute atomic E-state index is 0.0991. The molecule has 0 fully saturated rings. The molecule has 7 nitrogen and oxygen atoms in total. The molecule has 2 rings (SSSR count). The van der Waals surface area contributed by atoms with Crippen molar-refractivity contribution in [3.05, 3.63) is 64.1 Å². The van der Waals surface area contributed by atoms with Gasteiger partial charge in [-0.2, -0.15) is 0 Å². The van der Waals surface area contributed by atoms with E-state index >= 15 is 0 Å². The van der Waals surface area contributed by atoms with E-state index in [9.17, 15) is 14.9 Å². The highest BCUT2D eigenvalue weighted by Gasteiger charge is 2.12. The van der Waals surface area contributed by atoms with Crippen LogP contribution in [0.5, 0.6) is 5.75 Å². The summed E-state index contributed by atoms with van der Waals surface area (Å²) in [5, 5.41) is 10.8. The molecule has 114 valence electrons. The highest BCUT2D eigenvalue weighted by molar-refractivity contribution is 5.86. The zero-order valence-corrected chi connectivity index (χ0v) is 11.7. The Morgan fingerprint density at radius 2 is 2.23 bits per heavy atom. The highest BCUT2D eigenvalue weighted by Crippen LogP contribution is 2.24. The first kappa shape index (κ1) is 15.3. The summed E-state index contributed by atoms with van der Waals surface area (Å²) in [6.45, 7) is -0.133. The second kappa shape index (κ2) is 7.07. The standard InChI is InChI=1S/C15H13NO6/c1-20-14-6-4-12(16(18)19)9-11(14)10-22-15(17)7-5-13-3-2-8-21-13/h2-9H,10H2,1H3/b7-5-. The molecule has 0 aliphatic rings. The number of furan rings is 1. The van der Waals surface area contributed by atoms with Crippen molar-refractivity contribution in [3.63, 3.8) is 0 Å². The van der Waals surface area contributed by atoms with E-state index in [1.165, 1.54) is 43.7 Å². The lowest BCUT2D eigenvalue weighted by molar-refractivity contribution is -0.385. The zero-order chi connectivity index (χ0) is 15.9. The molecule has 0 unspecified atom stereocenters. The average Bonchev–Trinajstić information content (AvgIpc) is 3.03. The van der Waals surface area contributed by atoms with Crippen LogP contribution in [-0.4, -0.2) is 18.0 Å². The molecule has 7 heteroatoms. The van der Waals surface area contributed by atoms with E-state index in [1.54, 1.807) is 12.1 Å². The summed E-state index contributed by atoms with van der Waals surface area (Å²) in [5.41, 5.74) is 0.314. The van der Waals surface area contributed by atoms with Crippen LogP contribution in [-0.2, 0) is 16.1 Å². The molecule has 0 saturated carbocycles. The van der Waals surface area contributed by atoms with E-state index in [0.717, 1.165) is 0 Å². The molecule has 0 saturated heterocycles. The number of hydrogen-bond donors (Lipinski definition) is 0. The van der Waals surface area contributed by atoms with Gasteiger partial charge >= 0.3 is 5.97 Å². The number of carbonyl (C=O) groups excluding carboxylic acids is 1. The number of ether oxygens (including phenoxy) is 2. The van der Waals surface area contributed by atoms with Crippen molar-refractivity contribution in [1.82, 2.24) is 0 Å². The van der Waals surface area contributed by atoms with Crippen LogP contribution in [0.1, 0.15) is 11.3 Å². The number of benzene rings is 1. The number of rotatable bonds is 6. The predicted molar refractivity (Wildman–Crippen MR) is 77.2 cm³/mol. The maximum absolute atomic E-state index is 11.6. The van der Waals surface area contributed by atoms with Crippen molar-refractivity contribution >= 4 is 17.7 Å². The van der Waals surface area contributed by atoms with Gasteiger partial charge < -0.3 is 13.9 Å². The maximum atomic E-state index is 11.6. The minimum Gasteiger partial charge on any atom is -0.496 e. The van der Waals surface area contributed by atoms with Crippen LogP contribution < -0.4 is 4.74 Å². The molecule has 0 N–H and O–H groups in total. The van der Waals surface area contributed by atoms with Gasteiger partial charge in [0.25, 0.3) is 5.69 Å². The molecule has 1 heterocycles. The van der Waals surface area contributed by atoms with Crippen molar-refractivity contribution < 1.29 is 23.6 Å². The maximum Gasteiger partial charge on any atom is 0.331 e. The number of hydrogen-bond acceptors (Lipinski definition) is 6. The van der Waals surface area contributed by atoms with Crippen molar-refractivity contribution in [2.24, 2.45) is 0 Å². The first-order chi connectivity index (χ1) is 10.6. The third kappa shape index (κ3) is 3.95. The number of non-ortho nitro benzene ring substituents is 1. The summed E-state index contributed by atoms with van der Waals surface area (Å²) < 4.78 is 15.2. The Balaban J connectivity index is 2.02. The Morgan fingerprint density at radius 3 is 2.86 bits per heavy atom. The van der Waals surface area contributed by atoms with Gasteiger partial charge in [0.2, 0.25) is 0 Å². The number of nitrogens with zero attached hydrogens (tertiary/aromatic N) is 1. The van der Waals surface area contributed by atoms with Crippen molar-refractivity contribution in [2.45, 2.75) is 6.61 Å². The topological polar surface area (TPSA) is 91.8 Å². The molecule has 0 radical (unpaired) electrons. The molecule has 1 aromatic carbocycles. The van der Waals surface area contributed by atoms with Gasteiger partial charge in [0, 0.05) is 23.8 Å². The number of carbonyl (C=O) groups is 1. The molecule has 1 aromatic heterocycles. The highest BCUT2D eigenvalue weighted by atomic mass is 16.6. The van der Waals surface area contributed by atoms with E-state index in [2.05, 4.69) is 0 Å². The fraction of sp³-hybridized carbons (Fsp3) is 0.133. The summed E-state index contributed by atoms with van der Waals surface area (Å²) in [4.78, 5) is 21.8. The van der Waals surface area contributed by atoms with Gasteiger partial charge in [-0.1, -0.05) is 0 Å². The third-order valence-electron chi connectivity index (χ3n) is 2.77. The summed E-state index contributed by atoms with van der Waals surface area (Å²) in [5.74, 6) is 0.336. The molecule has 0 atom stereocenters. The van der Waals surface area contributed by atoms with Gasteiger partial charge in [0.05, 0.1) is 18.3 Å². The van der Waals surface area contributed by atoms with Gasteiger partial charge in [0.15, 0.2) is 0 Å². The van der Waals surface area contributed by atoms with Crippen LogP contribution in [0.25, 0.3) is 6.08 Å². The average molecular weight is 303 g/mol. The fourth-order valence-electron chi connectivity index (χ4n) is 1.72. The molecular weight excluding hydrogens is 290 g/mol. The van der Waals surface area contributed by atoms with Crippen LogP contribution in [0.2, 0.25) is 0 Å². The number of esters is 1. The summed E-state index contributed by atoms with van der Waals surface area (Å²) in [7, 11) is 1.43. The lowest BCUT2D eigenvalue weighted by Gasteiger charge is -2.08. The van der Waals surface area contributed by atoms with Crippen LogP contribution in [0.15, 0.2) is 47.1 Å². The lowest BCUT2D eigenvalue weighted by atomic mass is 10.2. The largest absolute Gasteiger partial charge is 0.496 e. The molecule has 0 spiro atoms. The van der Waals surface area contributed by atoms with Gasteiger partial charge in [-0.05, 0) is 24.3 Å². The van der Waals surface area contributed by atoms with Crippen molar-refractivity contribution in [2.75, 3.05) is 7.11 Å². The lowest BCUT2D eigenvalue weighted by Crippen LogP contribution is -2.03. The van der Waals surface area contributed by atoms with E-state index in [4.69, 9.17) is 13.9 Å². The summed E-state index contributed by atoms with van der Waals surface area (Å²) in [6, 6.07) is 7.47. The van der Waals surface area contributed by atoms with Crippen LogP contribution in [0.4, 0.5) is 5.69 Å². The molecule has 0 bridgehead atoms. The normalized spacial score (nSPS) is 10.6. The molecule has 0 aliphatic carbocycles. The van der Waals surface area contributed by atoms with Crippen LogP contribution >= 0.6 is 0 Å². The van der Waals surface area contributed by atoms with E-state index in [-0.39, 0.29) is 12.3 Å². The fourth-order valence-corrected chi connectivity index (χ4v) is 1.72. The second-order valence-electron chi connectivity index (χ2n) is 4.21. The molecule has 22 heavy (non-hydrogen) atoms. The first-order valence-electron chi connectivity index (χ1n) is 6.30. The smallest absolute Gasteiger partial charge is 0.331 e. The van der Waals surface area contributed by atoms with Gasteiger partial charge in [-0.25, -0.2) is 4.79 Å². The van der Waals surface area contributed by atoms with Gasteiger partial charge in [0.1, 0.15) is 18.1 Å². The van der Waals surface area contributed by atoms with E-state index in [0.29, 0.717) is 17.1 Å². The molecular formula is C15H13NO6. The Hall–Kier alpha value is -3.09. The number of nitro groups is 1. The third-order valence-corrected chi connectivity index (χ3v) is 2.77. The molecule has 2 aromatic rings. The van der Waals surface area contributed by atoms with E-state index in [1.807, 2.05) is 0 Å². The number of nitro benzene ring substituents is 1. The van der Waals surface area contributed by atoms with Gasteiger partial charge in [-0.15, -0.1) is 0 Å². The minimum atomic E-state index is -0.593. The van der Waals surface area contributed by atoms with E-state index < -0.39 is 10.9 Å². The monoisotopic (exact) mass is 303 g/mol. The Morgan fingerprint density at radius 1 is 1.41 bits per heavy atom. The molecule has 0 aliphatic heterocycles.